The Labute approximate surface area is 134 Å². The summed E-state index contributed by atoms with van der Waals surface area (Å²) >= 11 is 0. The van der Waals surface area contributed by atoms with Gasteiger partial charge in [-0.3, -0.25) is 10.1 Å². The number of amides is 1. The molecular formula is C16H22N2O5. The van der Waals surface area contributed by atoms with Crippen molar-refractivity contribution in [2.24, 2.45) is 5.73 Å². The smallest absolute Gasteiger partial charge is 0.412 e. The molecule has 7 heteroatoms. The minimum absolute atomic E-state index is 0.155. The maximum Gasteiger partial charge on any atom is 0.412 e. The molecule has 1 aliphatic rings. The molecule has 1 fully saturated rings. The summed E-state index contributed by atoms with van der Waals surface area (Å²) in [6.45, 7) is 5.21. The van der Waals surface area contributed by atoms with Gasteiger partial charge in [0.15, 0.2) is 0 Å². The highest BCUT2D eigenvalue weighted by atomic mass is 16.6. The minimum Gasteiger partial charge on any atom is -0.506 e. The van der Waals surface area contributed by atoms with Gasteiger partial charge < -0.3 is 20.7 Å². The molecule has 126 valence electrons. The average Bonchev–Trinajstić information content (AvgIpc) is 3.19. The molecule has 0 saturated heterocycles. The maximum atomic E-state index is 11.7. The number of phenols is 1. The lowest BCUT2D eigenvalue weighted by Gasteiger charge is -2.22. The second kappa shape index (κ2) is 5.73. The van der Waals surface area contributed by atoms with Gasteiger partial charge in [-0.1, -0.05) is 6.07 Å². The van der Waals surface area contributed by atoms with Crippen LogP contribution in [0.2, 0.25) is 0 Å². The largest absolute Gasteiger partial charge is 0.506 e. The van der Waals surface area contributed by atoms with Crippen LogP contribution in [0.1, 0.15) is 39.2 Å². The zero-order valence-electron chi connectivity index (χ0n) is 13.4. The first-order chi connectivity index (χ1) is 10.5. The van der Waals surface area contributed by atoms with E-state index in [0.29, 0.717) is 18.4 Å². The Balaban J connectivity index is 2.16. The first-order valence-electron chi connectivity index (χ1n) is 7.37. The van der Waals surface area contributed by atoms with Crippen molar-refractivity contribution in [1.29, 1.82) is 0 Å². The number of nitrogens with two attached hydrogens (primary N) is 1. The zero-order chi connectivity index (χ0) is 17.4. The van der Waals surface area contributed by atoms with Crippen LogP contribution in [0.3, 0.4) is 0 Å². The van der Waals surface area contributed by atoms with Crippen molar-refractivity contribution in [3.05, 3.63) is 23.8 Å². The minimum atomic E-state index is -1.07. The molecule has 0 aliphatic heterocycles. The van der Waals surface area contributed by atoms with E-state index in [0.717, 1.165) is 0 Å². The number of anilines is 1. The Morgan fingerprint density at radius 1 is 1.35 bits per heavy atom. The topological polar surface area (TPSA) is 122 Å². The number of nitrogens with one attached hydrogen (secondary N) is 1. The quantitative estimate of drug-likeness (QED) is 0.630. The number of benzene rings is 1. The number of hydrogen-bond donors (Lipinski definition) is 4. The van der Waals surface area contributed by atoms with E-state index < -0.39 is 29.1 Å². The summed E-state index contributed by atoms with van der Waals surface area (Å²) in [6, 6.07) is 3.61. The van der Waals surface area contributed by atoms with Crippen molar-refractivity contribution in [3.8, 4) is 5.75 Å². The number of ether oxygens (including phenoxy) is 1. The first kappa shape index (κ1) is 17.1. The lowest BCUT2D eigenvalue weighted by Crippen LogP contribution is -2.41. The lowest BCUT2D eigenvalue weighted by molar-refractivity contribution is -0.139. The number of carboxylic acids is 1. The summed E-state index contributed by atoms with van der Waals surface area (Å²) in [5.41, 5.74) is 5.31. The number of carbonyl (C=O) groups excluding carboxylic acids is 1. The fourth-order valence-corrected chi connectivity index (χ4v) is 2.51. The third-order valence-electron chi connectivity index (χ3n) is 3.86. The molecule has 0 aromatic heterocycles. The highest BCUT2D eigenvalue weighted by molar-refractivity contribution is 5.87. The number of aromatic hydroxyl groups is 1. The van der Waals surface area contributed by atoms with Crippen LogP contribution in [0, 0.1) is 0 Å². The van der Waals surface area contributed by atoms with Crippen molar-refractivity contribution in [2.45, 2.75) is 50.7 Å². The molecule has 1 atom stereocenters. The van der Waals surface area contributed by atoms with Crippen LogP contribution in [-0.2, 0) is 14.9 Å². The van der Waals surface area contributed by atoms with Gasteiger partial charge in [0, 0.05) is 5.41 Å². The number of phenolic OH excluding ortho intramolecular Hbond substituents is 1. The molecule has 1 saturated carbocycles. The molecule has 7 nitrogen and oxygen atoms in total. The van der Waals surface area contributed by atoms with E-state index in [1.54, 1.807) is 26.8 Å². The van der Waals surface area contributed by atoms with E-state index in [2.05, 4.69) is 5.32 Å². The standard InChI is InChI=1S/C16H22N2O5/c1-15(2,3)23-14(22)18-10-5-4-9(8-11(10)19)16(6-7-16)12(17)13(20)21/h4-5,8,12,19H,6-7,17H2,1-3H3,(H,18,22)(H,20,21). The van der Waals surface area contributed by atoms with Gasteiger partial charge in [0.25, 0.3) is 0 Å². The second-order valence-electron chi connectivity index (χ2n) is 6.83. The van der Waals surface area contributed by atoms with Crippen LogP contribution in [0.15, 0.2) is 18.2 Å². The number of hydrogen-bond acceptors (Lipinski definition) is 5. The molecule has 23 heavy (non-hydrogen) atoms. The van der Waals surface area contributed by atoms with Gasteiger partial charge in [-0.05, 0) is 51.3 Å². The monoisotopic (exact) mass is 322 g/mol. The van der Waals surface area contributed by atoms with Crippen molar-refractivity contribution >= 4 is 17.7 Å². The SMILES string of the molecule is CC(C)(C)OC(=O)Nc1ccc(C2(C(N)C(=O)O)CC2)cc1O. The summed E-state index contributed by atoms with van der Waals surface area (Å²) in [6.07, 6.45) is 0.626. The van der Waals surface area contributed by atoms with Crippen molar-refractivity contribution < 1.29 is 24.5 Å². The summed E-state index contributed by atoms with van der Waals surface area (Å²) < 4.78 is 5.12. The molecule has 0 radical (unpaired) electrons. The molecule has 2 rings (SSSR count). The molecule has 0 spiro atoms. The van der Waals surface area contributed by atoms with Gasteiger partial charge >= 0.3 is 12.1 Å². The Kier molecular flexibility index (Phi) is 4.26. The van der Waals surface area contributed by atoms with Crippen LogP contribution in [0.5, 0.6) is 5.75 Å². The van der Waals surface area contributed by atoms with Crippen molar-refractivity contribution in [1.82, 2.24) is 0 Å². The van der Waals surface area contributed by atoms with Crippen molar-refractivity contribution in [2.75, 3.05) is 5.32 Å². The van der Waals surface area contributed by atoms with E-state index in [9.17, 15) is 14.7 Å². The van der Waals surface area contributed by atoms with E-state index in [1.165, 1.54) is 12.1 Å². The van der Waals surface area contributed by atoms with Gasteiger partial charge in [-0.15, -0.1) is 0 Å². The van der Waals surface area contributed by atoms with Gasteiger partial charge in [0.05, 0.1) is 5.69 Å². The molecule has 1 amide bonds. The second-order valence-corrected chi connectivity index (χ2v) is 6.83. The number of carboxylic acid groups (broad SMARTS) is 1. The summed E-state index contributed by atoms with van der Waals surface area (Å²) in [4.78, 5) is 22.9. The van der Waals surface area contributed by atoms with Crippen LogP contribution in [-0.4, -0.2) is 33.9 Å². The van der Waals surface area contributed by atoms with Crippen LogP contribution >= 0.6 is 0 Å². The number of aliphatic carboxylic acids is 1. The number of rotatable bonds is 4. The van der Waals surface area contributed by atoms with E-state index in [4.69, 9.17) is 15.6 Å². The van der Waals surface area contributed by atoms with Gasteiger partial charge in [-0.2, -0.15) is 0 Å². The Morgan fingerprint density at radius 3 is 2.39 bits per heavy atom. The average molecular weight is 322 g/mol. The molecule has 1 aromatic rings. The number of carbonyl (C=O) groups is 2. The molecule has 0 bridgehead atoms. The van der Waals surface area contributed by atoms with Gasteiger partial charge in [-0.25, -0.2) is 4.79 Å². The highest BCUT2D eigenvalue weighted by Gasteiger charge is 2.52. The van der Waals surface area contributed by atoms with Crippen LogP contribution in [0.25, 0.3) is 0 Å². The van der Waals surface area contributed by atoms with Crippen LogP contribution in [0.4, 0.5) is 10.5 Å². The van der Waals surface area contributed by atoms with E-state index in [1.807, 2.05) is 0 Å². The molecule has 0 heterocycles. The Bertz CT molecular complexity index is 632. The Morgan fingerprint density at radius 2 is 1.96 bits per heavy atom. The lowest BCUT2D eigenvalue weighted by atomic mass is 9.88. The molecule has 1 aromatic carbocycles. The molecule has 1 unspecified atom stereocenters. The fourth-order valence-electron chi connectivity index (χ4n) is 2.51. The predicted molar refractivity (Wildman–Crippen MR) is 84.5 cm³/mol. The third-order valence-corrected chi connectivity index (χ3v) is 3.86. The summed E-state index contributed by atoms with van der Waals surface area (Å²) in [5.74, 6) is -1.23. The Hall–Kier alpha value is -2.28. The van der Waals surface area contributed by atoms with Crippen molar-refractivity contribution in [3.63, 3.8) is 0 Å². The van der Waals surface area contributed by atoms with Gasteiger partial charge in [0.2, 0.25) is 0 Å². The molecule has 5 N–H and O–H groups in total. The molecule has 1 aliphatic carbocycles. The predicted octanol–water partition coefficient (Wildman–Crippen LogP) is 2.18. The maximum absolute atomic E-state index is 11.7. The van der Waals surface area contributed by atoms with E-state index >= 15 is 0 Å². The third kappa shape index (κ3) is 3.73. The zero-order valence-corrected chi connectivity index (χ0v) is 13.4. The molecular weight excluding hydrogens is 300 g/mol. The first-order valence-corrected chi connectivity index (χ1v) is 7.37. The van der Waals surface area contributed by atoms with E-state index in [-0.39, 0.29) is 11.4 Å². The van der Waals surface area contributed by atoms with Crippen LogP contribution < -0.4 is 11.1 Å². The fraction of sp³-hybridized carbons (Fsp3) is 0.500. The normalized spacial score (nSPS) is 17.2. The van der Waals surface area contributed by atoms with Gasteiger partial charge in [0.1, 0.15) is 17.4 Å². The highest BCUT2D eigenvalue weighted by Crippen LogP contribution is 2.51. The summed E-state index contributed by atoms with van der Waals surface area (Å²) in [7, 11) is 0. The summed E-state index contributed by atoms with van der Waals surface area (Å²) in [5, 5.41) is 21.7.